The highest BCUT2D eigenvalue weighted by Crippen LogP contribution is 2.33. The summed E-state index contributed by atoms with van der Waals surface area (Å²) >= 11 is 3.58. The second-order valence-electron chi connectivity index (χ2n) is 6.60. The van der Waals surface area contributed by atoms with Crippen LogP contribution in [-0.4, -0.2) is 7.11 Å². The maximum absolute atomic E-state index is 6.34. The fourth-order valence-corrected chi connectivity index (χ4v) is 3.28. The summed E-state index contributed by atoms with van der Waals surface area (Å²) in [6.45, 7) is 9.11. The van der Waals surface area contributed by atoms with Crippen molar-refractivity contribution in [1.29, 1.82) is 0 Å². The first-order chi connectivity index (χ1) is 8.73. The van der Waals surface area contributed by atoms with Crippen LogP contribution in [0.1, 0.15) is 52.1 Å². The van der Waals surface area contributed by atoms with Gasteiger partial charge in [-0.05, 0) is 41.9 Å². The van der Waals surface area contributed by atoms with Crippen molar-refractivity contribution in [2.75, 3.05) is 7.11 Å². The molecular formula is C16H26BrNO. The number of halogens is 1. The molecule has 0 fully saturated rings. The molecule has 2 atom stereocenters. The molecule has 0 aliphatic rings. The lowest BCUT2D eigenvalue weighted by Gasteiger charge is -2.25. The molecule has 2 N–H and O–H groups in total. The third-order valence-electron chi connectivity index (χ3n) is 3.22. The minimum atomic E-state index is 0.0673. The van der Waals surface area contributed by atoms with Crippen molar-refractivity contribution in [3.05, 3.63) is 28.2 Å². The summed E-state index contributed by atoms with van der Waals surface area (Å²) < 4.78 is 6.24. The number of hydrogen-bond donors (Lipinski definition) is 1. The first-order valence-corrected chi connectivity index (χ1v) is 7.61. The Bertz CT molecular complexity index is 412. The molecule has 0 saturated carbocycles. The van der Waals surface area contributed by atoms with E-state index in [9.17, 15) is 0 Å². The second-order valence-corrected chi connectivity index (χ2v) is 7.45. The van der Waals surface area contributed by atoms with E-state index in [0.717, 1.165) is 22.2 Å². The van der Waals surface area contributed by atoms with E-state index in [1.807, 2.05) is 12.1 Å². The first-order valence-electron chi connectivity index (χ1n) is 6.82. The molecule has 0 bridgehead atoms. The van der Waals surface area contributed by atoms with Crippen LogP contribution in [0.2, 0.25) is 0 Å². The molecule has 2 nitrogen and oxygen atoms in total. The Morgan fingerprint density at radius 2 is 1.95 bits per heavy atom. The van der Waals surface area contributed by atoms with Gasteiger partial charge >= 0.3 is 0 Å². The maximum Gasteiger partial charge on any atom is 0.120 e. The molecule has 0 aliphatic carbocycles. The summed E-state index contributed by atoms with van der Waals surface area (Å²) in [4.78, 5) is 0. The highest BCUT2D eigenvalue weighted by Gasteiger charge is 2.19. The summed E-state index contributed by atoms with van der Waals surface area (Å²) in [6, 6.07) is 6.06. The fourth-order valence-electron chi connectivity index (χ4n) is 2.62. The van der Waals surface area contributed by atoms with Crippen LogP contribution >= 0.6 is 15.9 Å². The van der Waals surface area contributed by atoms with E-state index in [1.54, 1.807) is 7.11 Å². The van der Waals surface area contributed by atoms with Crippen LogP contribution in [0.25, 0.3) is 0 Å². The van der Waals surface area contributed by atoms with Gasteiger partial charge in [-0.25, -0.2) is 0 Å². The van der Waals surface area contributed by atoms with Crippen LogP contribution in [0.15, 0.2) is 22.7 Å². The van der Waals surface area contributed by atoms with Gasteiger partial charge in [0, 0.05) is 10.5 Å². The zero-order valence-electron chi connectivity index (χ0n) is 12.7. The van der Waals surface area contributed by atoms with Gasteiger partial charge in [-0.3, -0.25) is 0 Å². The number of ether oxygens (including phenoxy) is 1. The minimum absolute atomic E-state index is 0.0673. The van der Waals surface area contributed by atoms with Crippen molar-refractivity contribution >= 4 is 15.9 Å². The van der Waals surface area contributed by atoms with Crippen molar-refractivity contribution in [2.24, 2.45) is 17.1 Å². The molecule has 1 rings (SSSR count). The molecule has 108 valence electrons. The molecular weight excluding hydrogens is 302 g/mol. The van der Waals surface area contributed by atoms with Crippen molar-refractivity contribution in [3.63, 3.8) is 0 Å². The molecule has 0 saturated heterocycles. The Morgan fingerprint density at radius 1 is 1.32 bits per heavy atom. The van der Waals surface area contributed by atoms with Crippen LogP contribution in [0, 0.1) is 11.3 Å². The SMILES string of the molecule is COc1ccc(C(N)CC(C)CC(C)(C)C)c(Br)c1. The molecule has 0 amide bonds. The number of methoxy groups -OCH3 is 1. The summed E-state index contributed by atoms with van der Waals surface area (Å²) in [5, 5.41) is 0. The van der Waals surface area contributed by atoms with Crippen LogP contribution in [-0.2, 0) is 0 Å². The van der Waals surface area contributed by atoms with E-state index in [0.29, 0.717) is 11.3 Å². The van der Waals surface area contributed by atoms with E-state index >= 15 is 0 Å². The zero-order chi connectivity index (χ0) is 14.6. The van der Waals surface area contributed by atoms with Gasteiger partial charge in [0.05, 0.1) is 7.11 Å². The standard InChI is InChI=1S/C16H26BrNO/c1-11(10-16(2,3)4)8-15(18)13-7-6-12(19-5)9-14(13)17/h6-7,9,11,15H,8,10,18H2,1-5H3. The Balaban J connectivity index is 2.70. The number of rotatable bonds is 5. The predicted octanol–water partition coefficient (Wildman–Crippen LogP) is 4.92. The average molecular weight is 328 g/mol. The number of nitrogens with two attached hydrogens (primary N) is 1. The minimum Gasteiger partial charge on any atom is -0.497 e. The normalized spacial score (nSPS) is 15.1. The van der Waals surface area contributed by atoms with Gasteiger partial charge in [0.1, 0.15) is 5.75 Å². The van der Waals surface area contributed by atoms with E-state index in [4.69, 9.17) is 10.5 Å². The van der Waals surface area contributed by atoms with Crippen molar-refractivity contribution in [1.82, 2.24) is 0 Å². The van der Waals surface area contributed by atoms with Gasteiger partial charge in [0.2, 0.25) is 0 Å². The lowest BCUT2D eigenvalue weighted by molar-refractivity contribution is 0.286. The van der Waals surface area contributed by atoms with E-state index < -0.39 is 0 Å². The molecule has 3 heteroatoms. The van der Waals surface area contributed by atoms with Crippen LogP contribution in [0.3, 0.4) is 0 Å². The second kappa shape index (κ2) is 6.76. The Morgan fingerprint density at radius 3 is 2.42 bits per heavy atom. The topological polar surface area (TPSA) is 35.2 Å². The third kappa shape index (κ3) is 5.53. The van der Waals surface area contributed by atoms with Gasteiger partial charge in [-0.1, -0.05) is 49.7 Å². The molecule has 0 aliphatic heterocycles. The number of benzene rings is 1. The van der Waals surface area contributed by atoms with Crippen LogP contribution in [0.4, 0.5) is 0 Å². The smallest absolute Gasteiger partial charge is 0.120 e. The third-order valence-corrected chi connectivity index (χ3v) is 3.91. The molecule has 19 heavy (non-hydrogen) atoms. The monoisotopic (exact) mass is 327 g/mol. The van der Waals surface area contributed by atoms with Crippen LogP contribution < -0.4 is 10.5 Å². The summed E-state index contributed by atoms with van der Waals surface area (Å²) in [6.07, 6.45) is 2.19. The van der Waals surface area contributed by atoms with Gasteiger partial charge in [-0.15, -0.1) is 0 Å². The van der Waals surface area contributed by atoms with Gasteiger partial charge in [0.15, 0.2) is 0 Å². The quantitative estimate of drug-likeness (QED) is 0.832. The van der Waals surface area contributed by atoms with Crippen LogP contribution in [0.5, 0.6) is 5.75 Å². The van der Waals surface area contributed by atoms with E-state index in [2.05, 4.69) is 49.7 Å². The lowest BCUT2D eigenvalue weighted by atomic mass is 9.82. The van der Waals surface area contributed by atoms with Crippen molar-refractivity contribution in [2.45, 2.75) is 46.6 Å². The van der Waals surface area contributed by atoms with E-state index in [-0.39, 0.29) is 6.04 Å². The van der Waals surface area contributed by atoms with Gasteiger partial charge in [0.25, 0.3) is 0 Å². The Kier molecular flexibility index (Phi) is 5.87. The van der Waals surface area contributed by atoms with Gasteiger partial charge in [-0.2, -0.15) is 0 Å². The summed E-state index contributed by atoms with van der Waals surface area (Å²) in [5.74, 6) is 1.47. The lowest BCUT2D eigenvalue weighted by Crippen LogP contribution is -2.18. The summed E-state index contributed by atoms with van der Waals surface area (Å²) in [5.41, 5.74) is 7.85. The molecule has 0 heterocycles. The zero-order valence-corrected chi connectivity index (χ0v) is 14.3. The van der Waals surface area contributed by atoms with Crippen molar-refractivity contribution < 1.29 is 4.74 Å². The molecule has 0 radical (unpaired) electrons. The predicted molar refractivity (Wildman–Crippen MR) is 85.5 cm³/mol. The molecule has 0 aromatic heterocycles. The number of hydrogen-bond acceptors (Lipinski definition) is 2. The summed E-state index contributed by atoms with van der Waals surface area (Å²) in [7, 11) is 1.67. The molecule has 1 aromatic rings. The molecule has 0 spiro atoms. The highest BCUT2D eigenvalue weighted by molar-refractivity contribution is 9.10. The first kappa shape index (κ1) is 16.5. The fraction of sp³-hybridized carbons (Fsp3) is 0.625. The van der Waals surface area contributed by atoms with Crippen molar-refractivity contribution in [3.8, 4) is 5.75 Å². The maximum atomic E-state index is 6.34. The Hall–Kier alpha value is -0.540. The molecule has 1 aromatic carbocycles. The average Bonchev–Trinajstić information content (AvgIpc) is 2.25. The van der Waals surface area contributed by atoms with Gasteiger partial charge < -0.3 is 10.5 Å². The largest absolute Gasteiger partial charge is 0.497 e. The highest BCUT2D eigenvalue weighted by atomic mass is 79.9. The molecule has 2 unspecified atom stereocenters. The van der Waals surface area contributed by atoms with E-state index in [1.165, 1.54) is 6.42 Å². The Labute approximate surface area is 125 Å².